The lowest BCUT2D eigenvalue weighted by molar-refractivity contribution is -0.116. The van der Waals surface area contributed by atoms with E-state index in [2.05, 4.69) is 15.3 Å². The molecule has 0 aliphatic carbocycles. The molecule has 0 atom stereocenters. The first kappa shape index (κ1) is 17.5. The number of aryl methyl sites for hydroxylation is 1. The highest BCUT2D eigenvalue weighted by Gasteiger charge is 2.18. The fourth-order valence-electron chi connectivity index (χ4n) is 2.81. The number of nitrogens with one attached hydrogen (secondary N) is 1. The molecule has 136 valence electrons. The molecule has 9 heteroatoms. The van der Waals surface area contributed by atoms with Crippen molar-refractivity contribution in [3.05, 3.63) is 63.2 Å². The van der Waals surface area contributed by atoms with Crippen LogP contribution >= 0.6 is 22.7 Å². The Labute approximate surface area is 161 Å². The molecule has 0 saturated carbocycles. The minimum Gasteiger partial charge on any atom is -0.300 e. The molecule has 0 radical (unpaired) electrons. The number of nitrogens with zero attached hydrogens (tertiary/aromatic N) is 3. The molecule has 0 unspecified atom stereocenters. The van der Waals surface area contributed by atoms with Gasteiger partial charge in [0.2, 0.25) is 5.91 Å². The van der Waals surface area contributed by atoms with Crippen molar-refractivity contribution in [3.63, 3.8) is 0 Å². The Balaban J connectivity index is 1.75. The number of halogens is 1. The van der Waals surface area contributed by atoms with Crippen molar-refractivity contribution < 1.29 is 9.18 Å². The minimum atomic E-state index is -0.358. The van der Waals surface area contributed by atoms with E-state index in [1.807, 2.05) is 6.92 Å². The van der Waals surface area contributed by atoms with E-state index < -0.39 is 0 Å². The molecule has 1 N–H and O–H groups in total. The summed E-state index contributed by atoms with van der Waals surface area (Å²) < 4.78 is 14.5. The topological polar surface area (TPSA) is 76.9 Å². The van der Waals surface area contributed by atoms with Gasteiger partial charge in [-0.1, -0.05) is 12.1 Å². The van der Waals surface area contributed by atoms with Crippen LogP contribution in [0.5, 0.6) is 0 Å². The highest BCUT2D eigenvalue weighted by molar-refractivity contribution is 7.19. The normalized spacial score (nSPS) is 11.0. The van der Waals surface area contributed by atoms with Crippen LogP contribution < -0.4 is 10.9 Å². The Morgan fingerprint density at radius 1 is 1.26 bits per heavy atom. The van der Waals surface area contributed by atoms with Crippen molar-refractivity contribution in [3.8, 4) is 11.1 Å². The second kappa shape index (κ2) is 7.01. The van der Waals surface area contributed by atoms with Crippen LogP contribution in [-0.4, -0.2) is 20.4 Å². The summed E-state index contributed by atoms with van der Waals surface area (Å²) in [5.41, 5.74) is 1.16. The molecule has 1 aromatic carbocycles. The van der Waals surface area contributed by atoms with Crippen molar-refractivity contribution in [2.75, 3.05) is 5.32 Å². The van der Waals surface area contributed by atoms with Gasteiger partial charge >= 0.3 is 0 Å². The van der Waals surface area contributed by atoms with Gasteiger partial charge < -0.3 is 5.32 Å². The lowest BCUT2D eigenvalue weighted by Crippen LogP contribution is -2.27. The number of thiazole rings is 1. The van der Waals surface area contributed by atoms with Crippen molar-refractivity contribution in [1.82, 2.24) is 14.5 Å². The summed E-state index contributed by atoms with van der Waals surface area (Å²) in [4.78, 5) is 35.0. The Bertz CT molecular complexity index is 1180. The minimum absolute atomic E-state index is 0.168. The average Bonchev–Trinajstić information content (AvgIpc) is 3.26. The van der Waals surface area contributed by atoms with Crippen LogP contribution in [0.3, 0.4) is 0 Å². The molecule has 4 rings (SSSR count). The van der Waals surface area contributed by atoms with Gasteiger partial charge in [-0.05, 0) is 24.6 Å². The summed E-state index contributed by atoms with van der Waals surface area (Å²) in [5.74, 6) is -0.700. The number of hydrogen-bond donors (Lipinski definition) is 1. The number of fused-ring (bicyclic) bond motifs is 1. The number of benzene rings is 1. The van der Waals surface area contributed by atoms with Crippen LogP contribution in [0, 0.1) is 12.7 Å². The van der Waals surface area contributed by atoms with E-state index in [-0.39, 0.29) is 23.8 Å². The maximum Gasteiger partial charge on any atom is 0.263 e. The second-order valence-electron chi connectivity index (χ2n) is 5.78. The van der Waals surface area contributed by atoms with Gasteiger partial charge in [0.25, 0.3) is 5.56 Å². The van der Waals surface area contributed by atoms with Gasteiger partial charge in [0.1, 0.15) is 17.2 Å². The summed E-state index contributed by atoms with van der Waals surface area (Å²) >= 11 is 2.69. The fourth-order valence-corrected chi connectivity index (χ4v) is 4.36. The zero-order valence-corrected chi connectivity index (χ0v) is 15.7. The van der Waals surface area contributed by atoms with Crippen molar-refractivity contribution in [2.45, 2.75) is 13.5 Å². The lowest BCUT2D eigenvalue weighted by Gasteiger charge is -2.06. The maximum atomic E-state index is 13.3. The van der Waals surface area contributed by atoms with E-state index in [1.54, 1.807) is 23.7 Å². The first-order chi connectivity index (χ1) is 13.0. The molecule has 6 nitrogen and oxygen atoms in total. The molecule has 0 aliphatic heterocycles. The van der Waals surface area contributed by atoms with E-state index in [0.29, 0.717) is 15.3 Å². The highest BCUT2D eigenvalue weighted by Crippen LogP contribution is 2.35. The van der Waals surface area contributed by atoms with Crippen molar-refractivity contribution in [1.29, 1.82) is 0 Å². The molecular formula is C18H13FN4O2S2. The third kappa shape index (κ3) is 3.38. The van der Waals surface area contributed by atoms with E-state index in [0.717, 1.165) is 16.0 Å². The highest BCUT2D eigenvalue weighted by atomic mass is 32.1. The number of rotatable bonds is 4. The van der Waals surface area contributed by atoms with Gasteiger partial charge in [-0.2, -0.15) is 0 Å². The first-order valence-electron chi connectivity index (χ1n) is 7.97. The Kier molecular flexibility index (Phi) is 4.54. The quantitative estimate of drug-likeness (QED) is 0.567. The van der Waals surface area contributed by atoms with Crippen LogP contribution in [0.15, 0.2) is 47.0 Å². The van der Waals surface area contributed by atoms with Gasteiger partial charge in [0, 0.05) is 22.0 Å². The molecule has 0 fully saturated rings. The SMILES string of the molecule is Cc1sc2ncn(CC(=O)Nc3nccs3)c(=O)c2c1-c1ccc(F)cc1. The Morgan fingerprint density at radius 3 is 2.74 bits per heavy atom. The molecule has 3 aromatic heterocycles. The summed E-state index contributed by atoms with van der Waals surface area (Å²) in [6.07, 6.45) is 2.96. The van der Waals surface area contributed by atoms with Gasteiger partial charge in [0.15, 0.2) is 5.13 Å². The summed E-state index contributed by atoms with van der Waals surface area (Å²) in [5, 5.41) is 5.31. The predicted octanol–water partition coefficient (Wildman–Crippen LogP) is 3.67. The average molecular weight is 400 g/mol. The molecule has 4 aromatic rings. The first-order valence-corrected chi connectivity index (χ1v) is 9.66. The van der Waals surface area contributed by atoms with E-state index in [9.17, 15) is 14.0 Å². The third-order valence-electron chi connectivity index (χ3n) is 3.98. The smallest absolute Gasteiger partial charge is 0.263 e. The molecule has 0 aliphatic rings. The Hall–Kier alpha value is -2.91. The summed E-state index contributed by atoms with van der Waals surface area (Å²) in [6.45, 7) is 1.73. The van der Waals surface area contributed by atoms with Crippen LogP contribution in [0.1, 0.15) is 4.88 Å². The number of thiophene rings is 1. The van der Waals surface area contributed by atoms with Crippen molar-refractivity contribution in [2.24, 2.45) is 0 Å². The number of aromatic nitrogens is 3. The molecule has 3 heterocycles. The van der Waals surface area contributed by atoms with Gasteiger partial charge in [-0.25, -0.2) is 14.4 Å². The number of hydrogen-bond acceptors (Lipinski definition) is 6. The zero-order valence-electron chi connectivity index (χ0n) is 14.1. The van der Waals surface area contributed by atoms with Gasteiger partial charge in [-0.3, -0.25) is 14.2 Å². The predicted molar refractivity (Wildman–Crippen MR) is 105 cm³/mol. The van der Waals surface area contributed by atoms with Gasteiger partial charge in [0.05, 0.1) is 11.7 Å². The third-order valence-corrected chi connectivity index (χ3v) is 5.68. The number of amides is 1. The molecule has 1 amide bonds. The molecule has 0 saturated heterocycles. The molecule has 0 bridgehead atoms. The summed E-state index contributed by atoms with van der Waals surface area (Å²) in [7, 11) is 0. The van der Waals surface area contributed by atoms with Gasteiger partial charge in [-0.15, -0.1) is 22.7 Å². The number of carbonyl (C=O) groups excluding carboxylic acids is 1. The molecule has 27 heavy (non-hydrogen) atoms. The summed E-state index contributed by atoms with van der Waals surface area (Å²) in [6, 6.07) is 5.98. The van der Waals surface area contributed by atoms with Crippen LogP contribution in [0.4, 0.5) is 9.52 Å². The van der Waals surface area contributed by atoms with Crippen LogP contribution in [-0.2, 0) is 11.3 Å². The van der Waals surface area contributed by atoms with Crippen LogP contribution in [0.2, 0.25) is 0 Å². The molecule has 0 spiro atoms. The fraction of sp³-hybridized carbons (Fsp3) is 0.111. The van der Waals surface area contributed by atoms with E-state index in [4.69, 9.17) is 0 Å². The largest absolute Gasteiger partial charge is 0.300 e. The number of carbonyl (C=O) groups is 1. The van der Waals surface area contributed by atoms with E-state index in [1.165, 1.54) is 45.7 Å². The standard InChI is InChI=1S/C18H13FN4O2S2/c1-10-14(11-2-4-12(19)5-3-11)15-16(27-10)21-9-23(17(15)25)8-13(24)22-18-20-6-7-26-18/h2-7,9H,8H2,1H3,(H,20,22,24). The monoisotopic (exact) mass is 400 g/mol. The molecular weight excluding hydrogens is 387 g/mol. The van der Waals surface area contributed by atoms with Crippen LogP contribution in [0.25, 0.3) is 21.3 Å². The number of anilines is 1. The van der Waals surface area contributed by atoms with Crippen molar-refractivity contribution >= 4 is 43.9 Å². The maximum absolute atomic E-state index is 13.3. The van der Waals surface area contributed by atoms with E-state index >= 15 is 0 Å². The zero-order chi connectivity index (χ0) is 19.0. The second-order valence-corrected chi connectivity index (χ2v) is 7.88. The Morgan fingerprint density at radius 2 is 2.04 bits per heavy atom. The lowest BCUT2D eigenvalue weighted by atomic mass is 10.0.